The molecule has 1 fully saturated rings. The Labute approximate surface area is 184 Å². The number of halogens is 1. The van der Waals surface area contributed by atoms with Crippen molar-refractivity contribution in [2.45, 2.75) is 13.3 Å². The molecular formula is C24H23FN4O3. The van der Waals surface area contributed by atoms with Crippen LogP contribution >= 0.6 is 0 Å². The maximum atomic E-state index is 14.0. The maximum absolute atomic E-state index is 14.0. The van der Waals surface area contributed by atoms with E-state index in [4.69, 9.17) is 0 Å². The number of hydrogen-bond donors (Lipinski definition) is 0. The normalized spacial score (nSPS) is 14.2. The van der Waals surface area contributed by atoms with Gasteiger partial charge in [0, 0.05) is 37.9 Å². The van der Waals surface area contributed by atoms with Gasteiger partial charge in [-0.2, -0.15) is 5.10 Å². The number of aromatic nitrogens is 2. The first-order valence-corrected chi connectivity index (χ1v) is 10.4. The number of para-hydroxylation sites is 1. The van der Waals surface area contributed by atoms with E-state index in [1.807, 2.05) is 30.3 Å². The summed E-state index contributed by atoms with van der Waals surface area (Å²) in [5.41, 5.74) is 0.779. The summed E-state index contributed by atoms with van der Waals surface area (Å²) in [4.78, 5) is 41.5. The van der Waals surface area contributed by atoms with Crippen LogP contribution in [0, 0.1) is 12.7 Å². The summed E-state index contributed by atoms with van der Waals surface area (Å²) in [6, 6.07) is 16.5. The second kappa shape index (κ2) is 9.13. The van der Waals surface area contributed by atoms with Gasteiger partial charge in [-0.05, 0) is 37.6 Å². The van der Waals surface area contributed by atoms with Crippen molar-refractivity contribution in [3.05, 3.63) is 93.7 Å². The number of rotatable bonds is 3. The van der Waals surface area contributed by atoms with Crippen LogP contribution in [0.15, 0.2) is 65.5 Å². The zero-order valence-corrected chi connectivity index (χ0v) is 17.7. The molecule has 3 aromatic rings. The molecule has 7 nitrogen and oxygen atoms in total. The first-order chi connectivity index (χ1) is 15.5. The van der Waals surface area contributed by atoms with E-state index in [2.05, 4.69) is 5.10 Å². The van der Waals surface area contributed by atoms with Gasteiger partial charge in [0.25, 0.3) is 11.8 Å². The molecule has 2 amide bonds. The number of benzene rings is 2. The van der Waals surface area contributed by atoms with Gasteiger partial charge in [0.2, 0.25) is 5.43 Å². The smallest absolute Gasteiger partial charge is 0.278 e. The monoisotopic (exact) mass is 434 g/mol. The third-order valence-corrected chi connectivity index (χ3v) is 5.49. The molecule has 4 rings (SSSR count). The summed E-state index contributed by atoms with van der Waals surface area (Å²) in [7, 11) is 0. The van der Waals surface area contributed by atoms with Crippen molar-refractivity contribution in [3.8, 4) is 5.69 Å². The largest absolute Gasteiger partial charge is 0.337 e. The van der Waals surface area contributed by atoms with E-state index < -0.39 is 23.1 Å². The lowest BCUT2D eigenvalue weighted by Crippen LogP contribution is -2.40. The predicted molar refractivity (Wildman–Crippen MR) is 117 cm³/mol. The first kappa shape index (κ1) is 21.4. The second-order valence-corrected chi connectivity index (χ2v) is 7.66. The van der Waals surface area contributed by atoms with Gasteiger partial charge in [-0.3, -0.25) is 14.4 Å². The van der Waals surface area contributed by atoms with E-state index in [9.17, 15) is 18.8 Å². The van der Waals surface area contributed by atoms with Gasteiger partial charge in [-0.1, -0.05) is 30.3 Å². The lowest BCUT2D eigenvalue weighted by Gasteiger charge is -2.22. The van der Waals surface area contributed by atoms with Gasteiger partial charge in [-0.15, -0.1) is 0 Å². The molecular weight excluding hydrogens is 411 g/mol. The highest BCUT2D eigenvalue weighted by atomic mass is 19.1. The fourth-order valence-electron chi connectivity index (χ4n) is 3.80. The number of carbonyl (C=O) groups is 2. The lowest BCUT2D eigenvalue weighted by atomic mass is 10.2. The highest BCUT2D eigenvalue weighted by Gasteiger charge is 2.27. The Bertz CT molecular complexity index is 1210. The van der Waals surface area contributed by atoms with E-state index in [1.54, 1.807) is 17.7 Å². The number of amides is 2. The molecule has 8 heteroatoms. The summed E-state index contributed by atoms with van der Waals surface area (Å²) >= 11 is 0. The summed E-state index contributed by atoms with van der Waals surface area (Å²) < 4.78 is 15.6. The van der Waals surface area contributed by atoms with Gasteiger partial charge in [0.15, 0.2) is 5.69 Å². The highest BCUT2D eigenvalue weighted by Crippen LogP contribution is 2.14. The highest BCUT2D eigenvalue weighted by molar-refractivity contribution is 5.95. The molecule has 2 aromatic carbocycles. The molecule has 164 valence electrons. The molecule has 2 heterocycles. The van der Waals surface area contributed by atoms with Gasteiger partial charge in [0.1, 0.15) is 5.82 Å². The molecule has 0 N–H and O–H groups in total. The molecule has 0 bridgehead atoms. The number of carbonyl (C=O) groups excluding carboxylic acids is 2. The van der Waals surface area contributed by atoms with Gasteiger partial charge in [-0.25, -0.2) is 9.07 Å². The van der Waals surface area contributed by atoms with E-state index in [1.165, 1.54) is 34.1 Å². The molecule has 1 aliphatic rings. The van der Waals surface area contributed by atoms with Crippen LogP contribution in [-0.4, -0.2) is 57.6 Å². The molecule has 32 heavy (non-hydrogen) atoms. The minimum Gasteiger partial charge on any atom is -0.337 e. The molecule has 0 radical (unpaired) electrons. The standard InChI is InChI=1S/C24H23FN4O3/c1-17-16-21(30)22(26-29(17)18-8-3-2-4-9-18)24(32)28-13-7-12-27(14-15-28)23(31)19-10-5-6-11-20(19)25/h2-6,8-11,16H,7,12-15H2,1H3. The fraction of sp³-hybridized carbons (Fsp3) is 0.250. The summed E-state index contributed by atoms with van der Waals surface area (Å²) in [6.45, 7) is 3.01. The SMILES string of the molecule is Cc1cc(=O)c(C(=O)N2CCCN(C(=O)c3ccccc3F)CC2)nn1-c1ccccc1. The number of nitrogens with zero attached hydrogens (tertiary/aromatic N) is 4. The fourth-order valence-corrected chi connectivity index (χ4v) is 3.80. The Hall–Kier alpha value is -3.81. The van der Waals surface area contributed by atoms with Crippen LogP contribution in [0.5, 0.6) is 0 Å². The summed E-state index contributed by atoms with van der Waals surface area (Å²) in [6.07, 6.45) is 0.519. The van der Waals surface area contributed by atoms with Gasteiger partial charge >= 0.3 is 0 Å². The van der Waals surface area contributed by atoms with Crippen molar-refractivity contribution in [2.24, 2.45) is 0 Å². The van der Waals surface area contributed by atoms with Crippen LogP contribution < -0.4 is 5.43 Å². The van der Waals surface area contributed by atoms with E-state index in [0.717, 1.165) is 5.69 Å². The minimum atomic E-state index is -0.569. The van der Waals surface area contributed by atoms with E-state index in [0.29, 0.717) is 25.2 Å². The maximum Gasteiger partial charge on any atom is 0.278 e. The van der Waals surface area contributed by atoms with E-state index in [-0.39, 0.29) is 24.3 Å². The van der Waals surface area contributed by atoms with Crippen LogP contribution in [0.25, 0.3) is 5.69 Å². The number of aryl methyl sites for hydroxylation is 1. The molecule has 1 saturated heterocycles. The van der Waals surface area contributed by atoms with Crippen molar-refractivity contribution in [3.63, 3.8) is 0 Å². The first-order valence-electron chi connectivity index (χ1n) is 10.4. The summed E-state index contributed by atoms with van der Waals surface area (Å²) in [5, 5.41) is 4.34. The van der Waals surface area contributed by atoms with Crippen LogP contribution in [0.2, 0.25) is 0 Å². The van der Waals surface area contributed by atoms with Crippen molar-refractivity contribution in [1.82, 2.24) is 19.6 Å². The Morgan fingerprint density at radius 1 is 0.875 bits per heavy atom. The molecule has 0 saturated carbocycles. The van der Waals surface area contributed by atoms with Crippen LogP contribution in [0.1, 0.15) is 33.0 Å². The van der Waals surface area contributed by atoms with Crippen molar-refractivity contribution < 1.29 is 14.0 Å². The molecule has 0 spiro atoms. The average Bonchev–Trinajstić information content (AvgIpc) is 3.06. The zero-order chi connectivity index (χ0) is 22.7. The Balaban J connectivity index is 1.54. The van der Waals surface area contributed by atoms with Crippen LogP contribution in [-0.2, 0) is 0 Å². The average molecular weight is 434 g/mol. The van der Waals surface area contributed by atoms with Crippen molar-refractivity contribution >= 4 is 11.8 Å². The third-order valence-electron chi connectivity index (χ3n) is 5.49. The quantitative estimate of drug-likeness (QED) is 0.635. The molecule has 0 unspecified atom stereocenters. The zero-order valence-electron chi connectivity index (χ0n) is 17.7. The van der Waals surface area contributed by atoms with Gasteiger partial charge in [0.05, 0.1) is 11.3 Å². The third kappa shape index (κ3) is 4.30. The molecule has 0 aliphatic carbocycles. The van der Waals surface area contributed by atoms with Crippen molar-refractivity contribution in [2.75, 3.05) is 26.2 Å². The predicted octanol–water partition coefficient (Wildman–Crippen LogP) is 2.67. The van der Waals surface area contributed by atoms with Crippen molar-refractivity contribution in [1.29, 1.82) is 0 Å². The Morgan fingerprint density at radius 2 is 1.50 bits per heavy atom. The van der Waals surface area contributed by atoms with E-state index >= 15 is 0 Å². The summed E-state index contributed by atoms with van der Waals surface area (Å²) in [5.74, 6) is -1.45. The molecule has 1 aromatic heterocycles. The Morgan fingerprint density at radius 3 is 2.19 bits per heavy atom. The number of hydrogen-bond acceptors (Lipinski definition) is 4. The van der Waals surface area contributed by atoms with Crippen LogP contribution in [0.3, 0.4) is 0 Å². The topological polar surface area (TPSA) is 75.5 Å². The minimum absolute atomic E-state index is 0.0122. The van der Waals surface area contributed by atoms with Gasteiger partial charge < -0.3 is 9.80 Å². The lowest BCUT2D eigenvalue weighted by molar-refractivity contribution is 0.0711. The Kier molecular flexibility index (Phi) is 6.11. The second-order valence-electron chi connectivity index (χ2n) is 7.66. The molecule has 0 atom stereocenters. The van der Waals surface area contributed by atoms with Crippen LogP contribution in [0.4, 0.5) is 4.39 Å². The molecule has 1 aliphatic heterocycles.